The normalized spacial score (nSPS) is 11.6. The fourth-order valence-electron chi connectivity index (χ4n) is 1.90. The van der Waals surface area contributed by atoms with Crippen molar-refractivity contribution in [3.8, 4) is 0 Å². The van der Waals surface area contributed by atoms with Gasteiger partial charge >= 0.3 is 0 Å². The van der Waals surface area contributed by atoms with E-state index in [2.05, 4.69) is 24.0 Å². The Kier molecular flexibility index (Phi) is 5.32. The van der Waals surface area contributed by atoms with Crippen molar-refractivity contribution in [1.82, 2.24) is 20.2 Å². The van der Waals surface area contributed by atoms with Crippen LogP contribution >= 0.6 is 58.1 Å². The maximum absolute atomic E-state index is 6.10. The molecule has 0 N–H and O–H groups in total. The molecule has 3 aromatic rings. The number of hydrogen-bond acceptors (Lipinski definition) is 7. The van der Waals surface area contributed by atoms with E-state index in [-0.39, 0.29) is 5.92 Å². The predicted molar refractivity (Wildman–Crippen MR) is 99.5 cm³/mol. The van der Waals surface area contributed by atoms with Crippen LogP contribution in [-0.4, -0.2) is 26.4 Å². The van der Waals surface area contributed by atoms with Crippen LogP contribution in [0.5, 0.6) is 0 Å². The van der Waals surface area contributed by atoms with E-state index in [4.69, 9.17) is 33.2 Å². The first-order valence-electron chi connectivity index (χ1n) is 6.70. The van der Waals surface area contributed by atoms with Crippen LogP contribution in [-0.2, 0) is 0 Å². The van der Waals surface area contributed by atoms with E-state index >= 15 is 0 Å². The van der Waals surface area contributed by atoms with Gasteiger partial charge in [0, 0.05) is 0 Å². The Morgan fingerprint density at radius 2 is 1.61 bits per heavy atom. The summed E-state index contributed by atoms with van der Waals surface area (Å²) >= 11 is 16.8. The van der Waals surface area contributed by atoms with Crippen molar-refractivity contribution in [1.29, 1.82) is 0 Å². The molecule has 0 aliphatic rings. The number of benzene rings is 1. The van der Waals surface area contributed by atoms with Crippen LogP contribution in [0.15, 0.2) is 25.8 Å². The van der Waals surface area contributed by atoms with Gasteiger partial charge in [-0.25, -0.2) is 9.97 Å². The van der Waals surface area contributed by atoms with E-state index in [9.17, 15) is 0 Å². The number of thioether (sulfide) groups is 1. The number of rotatable bonds is 4. The summed E-state index contributed by atoms with van der Waals surface area (Å²) in [6.07, 6.45) is 1.98. The van der Waals surface area contributed by atoms with Crippen LogP contribution in [0, 0.1) is 0 Å². The maximum atomic E-state index is 6.10. The highest BCUT2D eigenvalue weighted by atomic mass is 35.5. The highest BCUT2D eigenvalue weighted by molar-refractivity contribution is 8.03. The van der Waals surface area contributed by atoms with Crippen LogP contribution in [0.2, 0.25) is 10.0 Å². The first-order chi connectivity index (χ1) is 11.0. The predicted octanol–water partition coefficient (Wildman–Crippen LogP) is 5.78. The van der Waals surface area contributed by atoms with Crippen molar-refractivity contribution in [3.63, 3.8) is 0 Å². The molecule has 0 amide bonds. The summed E-state index contributed by atoms with van der Waals surface area (Å²) in [5.74, 6) is 0.233. The number of nitrogens with zero attached hydrogens (tertiary/aromatic N) is 4. The minimum absolute atomic E-state index is 0.233. The molecule has 120 valence electrons. The molecule has 2 aromatic heterocycles. The summed E-state index contributed by atoms with van der Waals surface area (Å²) in [4.78, 5) is 9.44. The molecule has 0 unspecified atom stereocenters. The summed E-state index contributed by atoms with van der Waals surface area (Å²) in [6, 6.07) is 3.50. The number of halogens is 2. The molecule has 0 bridgehead atoms. The third-order valence-electron chi connectivity index (χ3n) is 2.99. The molecular formula is C14H12Cl2N4S3. The van der Waals surface area contributed by atoms with Gasteiger partial charge in [0.25, 0.3) is 0 Å². The summed E-state index contributed by atoms with van der Waals surface area (Å²) in [5, 5.41) is 10.1. The van der Waals surface area contributed by atoms with Crippen LogP contribution < -0.4 is 0 Å². The van der Waals surface area contributed by atoms with E-state index in [1.165, 1.54) is 11.8 Å². The van der Waals surface area contributed by atoms with Crippen molar-refractivity contribution in [3.05, 3.63) is 27.9 Å². The summed E-state index contributed by atoms with van der Waals surface area (Å²) in [7, 11) is 0. The Morgan fingerprint density at radius 1 is 1.00 bits per heavy atom. The zero-order valence-electron chi connectivity index (χ0n) is 12.5. The Balaban J connectivity index is 2.09. The Labute approximate surface area is 156 Å². The summed E-state index contributed by atoms with van der Waals surface area (Å²) in [5.41, 5.74) is 2.39. The second kappa shape index (κ2) is 7.11. The van der Waals surface area contributed by atoms with Crippen LogP contribution in [0.4, 0.5) is 0 Å². The highest BCUT2D eigenvalue weighted by Gasteiger charge is 2.17. The summed E-state index contributed by atoms with van der Waals surface area (Å²) in [6.45, 7) is 4.18. The molecule has 0 atom stereocenters. The second-order valence-corrected chi connectivity index (χ2v) is 9.05. The van der Waals surface area contributed by atoms with Gasteiger partial charge in [0.05, 0.1) is 26.8 Å². The van der Waals surface area contributed by atoms with Crippen molar-refractivity contribution >= 4 is 69.1 Å². The van der Waals surface area contributed by atoms with Gasteiger partial charge in [-0.2, -0.15) is 0 Å². The molecule has 2 heterocycles. The lowest BCUT2D eigenvalue weighted by molar-refractivity contribution is 0.782. The molecule has 0 saturated carbocycles. The van der Waals surface area contributed by atoms with Crippen LogP contribution in [0.3, 0.4) is 0 Å². The monoisotopic (exact) mass is 402 g/mol. The molecule has 0 aliphatic carbocycles. The molecule has 23 heavy (non-hydrogen) atoms. The van der Waals surface area contributed by atoms with Crippen molar-refractivity contribution in [2.24, 2.45) is 0 Å². The van der Waals surface area contributed by atoms with Gasteiger partial charge in [-0.15, -0.1) is 10.2 Å². The van der Waals surface area contributed by atoms with Crippen molar-refractivity contribution in [2.45, 2.75) is 33.5 Å². The van der Waals surface area contributed by atoms with E-state index in [0.29, 0.717) is 10.0 Å². The van der Waals surface area contributed by atoms with Crippen molar-refractivity contribution < 1.29 is 0 Å². The molecule has 0 spiro atoms. The van der Waals surface area contributed by atoms with E-state index in [1.54, 1.807) is 35.2 Å². The molecule has 0 fully saturated rings. The number of hydrogen-bond donors (Lipinski definition) is 0. The Morgan fingerprint density at radius 3 is 2.17 bits per heavy atom. The first kappa shape index (κ1) is 17.2. The molecule has 0 aliphatic heterocycles. The minimum atomic E-state index is 0.233. The van der Waals surface area contributed by atoms with Crippen molar-refractivity contribution in [2.75, 3.05) is 6.26 Å². The minimum Gasteiger partial charge on any atom is -0.248 e. The van der Waals surface area contributed by atoms with Gasteiger partial charge in [0.2, 0.25) is 0 Å². The molecule has 4 nitrogen and oxygen atoms in total. The van der Waals surface area contributed by atoms with Gasteiger partial charge in [0.1, 0.15) is 5.03 Å². The second-order valence-electron chi connectivity index (χ2n) is 4.96. The van der Waals surface area contributed by atoms with E-state index in [0.717, 1.165) is 30.4 Å². The lowest BCUT2D eigenvalue weighted by Gasteiger charge is -2.11. The lowest BCUT2D eigenvalue weighted by atomic mass is 10.1. The standard InChI is InChI=1S/C14H12Cl2N4S3/c1-6(2)11-12(22-14-20-19-13(21-3)23-14)18-10-5-8(16)7(15)4-9(10)17-11/h4-6H,1-3H3. The average molecular weight is 403 g/mol. The molecular weight excluding hydrogens is 391 g/mol. The Hall–Kier alpha value is -0.600. The molecule has 1 aromatic carbocycles. The molecule has 9 heteroatoms. The first-order valence-corrected chi connectivity index (χ1v) is 10.3. The van der Waals surface area contributed by atoms with Gasteiger partial charge in [-0.1, -0.05) is 60.1 Å². The largest absolute Gasteiger partial charge is 0.248 e. The topological polar surface area (TPSA) is 51.6 Å². The Bertz CT molecular complexity index is 867. The molecule has 0 radical (unpaired) electrons. The third-order valence-corrected chi connectivity index (χ3v) is 6.66. The van der Waals surface area contributed by atoms with E-state index < -0.39 is 0 Å². The lowest BCUT2D eigenvalue weighted by Crippen LogP contribution is -2.00. The fourth-order valence-corrected chi connectivity index (χ4v) is 4.80. The van der Waals surface area contributed by atoms with Crippen LogP contribution in [0.25, 0.3) is 11.0 Å². The zero-order valence-corrected chi connectivity index (χ0v) is 16.5. The molecule has 0 saturated heterocycles. The number of fused-ring (bicyclic) bond motifs is 1. The average Bonchev–Trinajstić information content (AvgIpc) is 2.96. The highest BCUT2D eigenvalue weighted by Crippen LogP contribution is 2.37. The third kappa shape index (κ3) is 3.74. The van der Waals surface area contributed by atoms with Crippen LogP contribution in [0.1, 0.15) is 25.5 Å². The van der Waals surface area contributed by atoms with E-state index in [1.807, 2.05) is 6.26 Å². The van der Waals surface area contributed by atoms with Gasteiger partial charge in [-0.05, 0) is 36.1 Å². The molecule has 3 rings (SSSR count). The quantitative estimate of drug-likeness (QED) is 0.515. The number of aromatic nitrogens is 4. The fraction of sp³-hybridized carbons (Fsp3) is 0.286. The zero-order chi connectivity index (χ0) is 16.6. The summed E-state index contributed by atoms with van der Waals surface area (Å²) < 4.78 is 1.78. The van der Waals surface area contributed by atoms with Gasteiger partial charge < -0.3 is 0 Å². The SMILES string of the molecule is CSc1nnc(Sc2nc3cc(Cl)c(Cl)cc3nc2C(C)C)s1. The maximum Gasteiger partial charge on any atom is 0.181 e. The van der Waals surface area contributed by atoms with Gasteiger partial charge in [-0.3, -0.25) is 0 Å². The smallest absolute Gasteiger partial charge is 0.181 e. The van der Waals surface area contributed by atoms with Gasteiger partial charge in [0.15, 0.2) is 8.68 Å².